The fourth-order valence-corrected chi connectivity index (χ4v) is 7.89. The Morgan fingerprint density at radius 2 is 1.68 bits per heavy atom. The van der Waals surface area contributed by atoms with Crippen molar-refractivity contribution in [3.63, 3.8) is 0 Å². The summed E-state index contributed by atoms with van der Waals surface area (Å²) in [5.41, 5.74) is -0.121. The Morgan fingerprint density at radius 3 is 2.30 bits per heavy atom. The van der Waals surface area contributed by atoms with Gasteiger partial charge in [0.05, 0.1) is 33.2 Å². The van der Waals surface area contributed by atoms with Crippen molar-refractivity contribution in [3.8, 4) is 16.9 Å². The minimum Gasteiger partial charge on any atom is -0.480 e. The van der Waals surface area contributed by atoms with Crippen molar-refractivity contribution in [1.29, 1.82) is 0 Å². The average molecular weight is 784 g/mol. The molecular formula is C37H31F2N9O7S. The van der Waals surface area contributed by atoms with Crippen LogP contribution in [0.4, 0.5) is 20.4 Å². The van der Waals surface area contributed by atoms with E-state index in [2.05, 4.69) is 34.9 Å². The molecule has 0 radical (unpaired) electrons. The van der Waals surface area contributed by atoms with Crippen LogP contribution < -0.4 is 26.2 Å². The summed E-state index contributed by atoms with van der Waals surface area (Å²) in [5.74, 6) is -4.13. The van der Waals surface area contributed by atoms with Crippen LogP contribution in [-0.4, -0.2) is 72.0 Å². The van der Waals surface area contributed by atoms with E-state index in [1.807, 2.05) is 0 Å². The van der Waals surface area contributed by atoms with Crippen molar-refractivity contribution in [2.24, 2.45) is 7.05 Å². The third-order valence-electron chi connectivity index (χ3n) is 9.40. The van der Waals surface area contributed by atoms with Crippen molar-refractivity contribution in [2.75, 3.05) is 29.5 Å². The minimum absolute atomic E-state index is 0.0168. The second kappa shape index (κ2) is 14.6. The molecule has 0 bridgehead atoms. The highest BCUT2D eigenvalue weighted by molar-refractivity contribution is 8.27. The summed E-state index contributed by atoms with van der Waals surface area (Å²) < 4.78 is 47.3. The third-order valence-corrected chi connectivity index (χ3v) is 11.6. The Kier molecular flexibility index (Phi) is 9.48. The summed E-state index contributed by atoms with van der Waals surface area (Å²) in [7, 11) is -1.25. The number of fused-ring (bicyclic) bond motifs is 1. The average Bonchev–Trinajstić information content (AvgIpc) is 3.16. The van der Waals surface area contributed by atoms with Crippen molar-refractivity contribution < 1.29 is 31.8 Å². The molecule has 2 saturated heterocycles. The molecule has 8 rings (SSSR count). The van der Waals surface area contributed by atoms with Gasteiger partial charge in [-0.2, -0.15) is 0 Å². The number of hydrogen-bond donors (Lipinski definition) is 3. The number of amides is 1. The Hall–Kier alpha value is -6.57. The van der Waals surface area contributed by atoms with Gasteiger partial charge in [-0.25, -0.2) is 46.3 Å². The molecule has 56 heavy (non-hydrogen) atoms. The molecule has 0 saturated carbocycles. The summed E-state index contributed by atoms with van der Waals surface area (Å²) in [5, 5.41) is 12.4. The minimum atomic E-state index is -2.73. The largest absolute Gasteiger partial charge is 0.480 e. The lowest BCUT2D eigenvalue weighted by Crippen LogP contribution is -2.42. The van der Waals surface area contributed by atoms with Gasteiger partial charge in [0.1, 0.15) is 23.5 Å². The molecular weight excluding hydrogens is 753 g/mol. The van der Waals surface area contributed by atoms with E-state index in [9.17, 15) is 24.3 Å². The number of aliphatic carboxylic acids is 1. The van der Waals surface area contributed by atoms with Gasteiger partial charge in [0, 0.05) is 63.0 Å². The van der Waals surface area contributed by atoms with Gasteiger partial charge in [-0.3, -0.25) is 23.9 Å². The van der Waals surface area contributed by atoms with Crippen LogP contribution in [0.25, 0.3) is 27.8 Å². The second-order valence-electron chi connectivity index (χ2n) is 12.9. The predicted molar refractivity (Wildman–Crippen MR) is 200 cm³/mol. The van der Waals surface area contributed by atoms with Crippen LogP contribution in [0, 0.1) is 11.6 Å². The first kappa shape index (κ1) is 36.4. The molecule has 6 heterocycles. The van der Waals surface area contributed by atoms with Crippen molar-refractivity contribution in [2.45, 2.75) is 23.8 Å². The number of carbonyl (C=O) groups is 2. The summed E-state index contributed by atoms with van der Waals surface area (Å²) in [6, 6.07) is 11.2. The number of rotatable bonds is 11. The molecule has 0 aliphatic carbocycles. The van der Waals surface area contributed by atoms with Gasteiger partial charge in [0.15, 0.2) is 6.79 Å². The monoisotopic (exact) mass is 783 g/mol. The van der Waals surface area contributed by atoms with Crippen molar-refractivity contribution in [3.05, 3.63) is 129 Å². The van der Waals surface area contributed by atoms with Gasteiger partial charge < -0.3 is 15.3 Å². The number of carbonyl (C=O) groups excluding carboxylic acids is 1. The van der Waals surface area contributed by atoms with Crippen LogP contribution in [0.1, 0.15) is 22.3 Å². The number of nitrogens with one attached hydrogen (secondary N) is 2. The highest BCUT2D eigenvalue weighted by Gasteiger charge is 2.35. The summed E-state index contributed by atoms with van der Waals surface area (Å²) in [6.07, 6.45) is 8.32. The molecule has 0 unspecified atom stereocenters. The third kappa shape index (κ3) is 6.71. The normalized spacial score (nSPS) is 15.7. The number of nitrogens with zero attached hydrogens (tertiary/aromatic N) is 7. The molecule has 4 aromatic heterocycles. The number of pyridine rings is 2. The van der Waals surface area contributed by atoms with E-state index >= 15 is 8.78 Å². The molecule has 2 aromatic carbocycles. The maximum atomic E-state index is 15.5. The molecule has 2 aliphatic rings. The van der Waals surface area contributed by atoms with Crippen LogP contribution in [0.15, 0.2) is 100 Å². The lowest BCUT2D eigenvalue weighted by atomic mass is 10.1. The number of aryl methyl sites for hydroxylation is 1. The quantitative estimate of drug-likeness (QED) is 0.172. The highest BCUT2D eigenvalue weighted by Crippen LogP contribution is 2.63. The number of anilines is 2. The van der Waals surface area contributed by atoms with Crippen LogP contribution in [-0.2, 0) is 26.6 Å². The number of hydrogen-bond acceptors (Lipinski definition) is 12. The molecule has 0 spiro atoms. The number of benzene rings is 2. The fourth-order valence-electron chi connectivity index (χ4n) is 6.16. The lowest BCUT2D eigenvalue weighted by Gasteiger charge is -2.50. The molecule has 286 valence electrons. The summed E-state index contributed by atoms with van der Waals surface area (Å²) in [4.78, 5) is 71.0. The van der Waals surface area contributed by atoms with E-state index in [0.717, 1.165) is 41.3 Å². The predicted octanol–water partition coefficient (Wildman–Crippen LogP) is 3.88. The maximum absolute atomic E-state index is 15.5. The number of halogens is 2. The van der Waals surface area contributed by atoms with Gasteiger partial charge in [-0.15, -0.1) is 0 Å². The van der Waals surface area contributed by atoms with Crippen LogP contribution in [0.5, 0.6) is 0 Å². The first-order valence-corrected chi connectivity index (χ1v) is 18.6. The standard InChI is InChI=1S/C37H31F2N9O7S/c1-46-31-19-40-10-9-25(31)34(50)48(37(46)53)32-8-3-21(16-41-32)13-30(35(51)52)44-33(49)26-14-28(39)29(15-27(26)38)45-56(54-20-55-56)24-6-4-22(5-7-24)23-17-42-36(43-18-23)47-11-2-12-47/h3-10,14-19,30,45H,2,11-13,20H2,1H3,(H,44,49)(H,51,52)/t30-/m0/s1. The Labute approximate surface area is 317 Å². The van der Waals surface area contributed by atoms with E-state index < -0.39 is 57.1 Å². The molecule has 2 fully saturated rings. The van der Waals surface area contributed by atoms with Crippen molar-refractivity contribution >= 4 is 45.2 Å². The molecule has 16 nitrogen and oxygen atoms in total. The Balaban J connectivity index is 0.953. The van der Waals surface area contributed by atoms with Crippen LogP contribution in [0.3, 0.4) is 0 Å². The summed E-state index contributed by atoms with van der Waals surface area (Å²) in [6.45, 7) is 1.77. The second-order valence-corrected chi connectivity index (χ2v) is 15.0. The molecule has 19 heteroatoms. The van der Waals surface area contributed by atoms with Crippen molar-refractivity contribution in [1.82, 2.24) is 34.4 Å². The van der Waals surface area contributed by atoms with E-state index in [0.29, 0.717) is 28.0 Å². The fraction of sp³-hybridized carbons (Fsp3) is 0.189. The Bertz CT molecular complexity index is 2620. The zero-order chi connectivity index (χ0) is 39.1. The smallest absolute Gasteiger partial charge is 0.337 e. The molecule has 6 aromatic rings. The number of carboxylic acids is 1. The zero-order valence-electron chi connectivity index (χ0n) is 29.4. The topological polar surface area (TPSA) is 196 Å². The lowest BCUT2D eigenvalue weighted by molar-refractivity contribution is -0.139. The van der Waals surface area contributed by atoms with Gasteiger partial charge in [-0.05, 0) is 47.9 Å². The van der Waals surface area contributed by atoms with Crippen LogP contribution in [0.2, 0.25) is 0 Å². The zero-order valence-corrected chi connectivity index (χ0v) is 30.2. The van der Waals surface area contributed by atoms with E-state index in [-0.39, 0.29) is 30.1 Å². The molecule has 2 aliphatic heterocycles. The van der Waals surface area contributed by atoms with E-state index in [1.165, 1.54) is 48.4 Å². The Morgan fingerprint density at radius 1 is 0.929 bits per heavy atom. The van der Waals surface area contributed by atoms with Gasteiger partial charge in [0.2, 0.25) is 5.95 Å². The highest BCUT2D eigenvalue weighted by atomic mass is 32.3. The molecule has 1 amide bonds. The van der Waals surface area contributed by atoms with Gasteiger partial charge in [-0.1, -0.05) is 29.0 Å². The first-order chi connectivity index (χ1) is 27.0. The van der Waals surface area contributed by atoms with Crippen LogP contribution >= 0.6 is 10.8 Å². The first-order valence-electron chi connectivity index (χ1n) is 17.1. The number of carboxylic acid groups (broad SMARTS) is 1. The van der Waals surface area contributed by atoms with Gasteiger partial charge >= 0.3 is 11.7 Å². The SMILES string of the molecule is Cn1c(=O)n(-c2ccc(C[C@H](NC(=O)c3cc(F)c(NS4(c5ccc(-c6cnc(N7CCC7)nc6)cc5)OCO4)cc3F)C(=O)O)cn2)c(=O)c2ccncc21. The van der Waals surface area contributed by atoms with E-state index in [1.54, 1.807) is 36.7 Å². The number of aromatic nitrogens is 6. The molecule has 3 N–H and O–H groups in total. The summed E-state index contributed by atoms with van der Waals surface area (Å²) >= 11 is 0. The van der Waals surface area contributed by atoms with E-state index in [4.69, 9.17) is 8.37 Å². The maximum Gasteiger partial charge on any atom is 0.337 e. The van der Waals surface area contributed by atoms with Gasteiger partial charge in [0.25, 0.3) is 11.5 Å². The molecule has 1 atom stereocenters.